The fourth-order valence-electron chi connectivity index (χ4n) is 4.57. The fourth-order valence-corrected chi connectivity index (χ4v) is 4.57. The Bertz CT molecular complexity index is 1380. The lowest BCUT2D eigenvalue weighted by atomic mass is 10.2. The lowest BCUT2D eigenvalue weighted by Crippen LogP contribution is -2.48. The maximum atomic E-state index is 12.9. The molecule has 1 fully saturated rings. The van der Waals surface area contributed by atoms with Gasteiger partial charge in [0.1, 0.15) is 36.1 Å². The highest BCUT2D eigenvalue weighted by Gasteiger charge is 2.20. The molecule has 37 heavy (non-hydrogen) atoms. The average molecular weight is 501 g/mol. The molecule has 1 aliphatic heterocycles. The highest BCUT2D eigenvalue weighted by atomic mass is 16.5. The third kappa shape index (κ3) is 6.57. The highest BCUT2D eigenvalue weighted by molar-refractivity contribution is 5.79. The van der Waals surface area contributed by atoms with Gasteiger partial charge in [-0.3, -0.25) is 14.6 Å². The van der Waals surface area contributed by atoms with Crippen LogP contribution in [0.4, 0.5) is 0 Å². The van der Waals surface area contributed by atoms with E-state index in [1.165, 1.54) is 11.8 Å². The van der Waals surface area contributed by atoms with Crippen molar-refractivity contribution in [2.75, 3.05) is 39.3 Å². The molecule has 192 valence electrons. The zero-order chi connectivity index (χ0) is 25.6. The van der Waals surface area contributed by atoms with E-state index >= 15 is 0 Å². The summed E-state index contributed by atoms with van der Waals surface area (Å²) < 4.78 is 17.2. The van der Waals surface area contributed by atoms with Crippen molar-refractivity contribution < 1.29 is 19.0 Å². The van der Waals surface area contributed by atoms with Crippen molar-refractivity contribution in [1.82, 2.24) is 9.80 Å². The molecule has 1 unspecified atom stereocenters. The lowest BCUT2D eigenvalue weighted by Gasteiger charge is -2.35. The number of rotatable bonds is 9. The molecule has 0 aliphatic carbocycles. The summed E-state index contributed by atoms with van der Waals surface area (Å²) in [5.74, 6) is 1.25. The minimum Gasteiger partial charge on any atom is -0.491 e. The molecule has 3 aromatic carbocycles. The Balaban J connectivity index is 1.12. The Labute approximate surface area is 216 Å². The van der Waals surface area contributed by atoms with Crippen LogP contribution in [0.3, 0.4) is 0 Å². The summed E-state index contributed by atoms with van der Waals surface area (Å²) >= 11 is 0. The standard InChI is InChI=1S/C30H32N2O5/c1-22-6-5-9-26(16-22)37-29-21-36-28-17-25(10-11-27(28)30(29)34)35-20-24(33)19-32-14-12-31(13-15-32)18-23-7-3-2-4-8-23/h2-11,16-17,21,24,33H,12-15,18-20H2,1H3. The predicted molar refractivity (Wildman–Crippen MR) is 143 cm³/mol. The van der Waals surface area contributed by atoms with Gasteiger partial charge in [-0.2, -0.15) is 0 Å². The maximum Gasteiger partial charge on any atom is 0.235 e. The summed E-state index contributed by atoms with van der Waals surface area (Å²) in [5.41, 5.74) is 2.52. The second-order valence-electron chi connectivity index (χ2n) is 9.53. The summed E-state index contributed by atoms with van der Waals surface area (Å²) in [7, 11) is 0. The van der Waals surface area contributed by atoms with Crippen molar-refractivity contribution >= 4 is 11.0 Å². The number of β-amino-alcohol motifs (C(OH)–C–C–N with tert-alkyl or cyclic N) is 1. The van der Waals surface area contributed by atoms with E-state index in [0.717, 1.165) is 38.3 Å². The van der Waals surface area contributed by atoms with E-state index in [9.17, 15) is 9.90 Å². The molecular formula is C30H32N2O5. The van der Waals surface area contributed by atoms with E-state index in [2.05, 4.69) is 34.1 Å². The normalized spacial score (nSPS) is 15.5. The molecule has 1 saturated heterocycles. The monoisotopic (exact) mass is 500 g/mol. The van der Waals surface area contributed by atoms with Gasteiger partial charge in [-0.05, 0) is 42.3 Å². The second kappa shape index (κ2) is 11.6. The second-order valence-corrected chi connectivity index (χ2v) is 9.53. The largest absolute Gasteiger partial charge is 0.491 e. The Morgan fingerprint density at radius 3 is 2.49 bits per heavy atom. The minimum atomic E-state index is -0.617. The Hall–Kier alpha value is -3.65. The smallest absolute Gasteiger partial charge is 0.235 e. The van der Waals surface area contributed by atoms with Gasteiger partial charge in [-0.1, -0.05) is 42.5 Å². The van der Waals surface area contributed by atoms with Crippen LogP contribution < -0.4 is 14.9 Å². The first-order valence-electron chi connectivity index (χ1n) is 12.6. The molecular weight excluding hydrogens is 468 g/mol. The Kier molecular flexibility index (Phi) is 7.84. The number of aliphatic hydroxyl groups excluding tert-OH is 1. The van der Waals surface area contributed by atoms with Crippen molar-refractivity contribution in [3.8, 4) is 17.2 Å². The van der Waals surface area contributed by atoms with Crippen LogP contribution in [0.15, 0.2) is 88.3 Å². The van der Waals surface area contributed by atoms with Crippen molar-refractivity contribution in [2.45, 2.75) is 19.6 Å². The van der Waals surface area contributed by atoms with Crippen LogP contribution >= 0.6 is 0 Å². The molecule has 0 bridgehead atoms. The Morgan fingerprint density at radius 1 is 0.919 bits per heavy atom. The van der Waals surface area contributed by atoms with Crippen molar-refractivity contribution in [3.05, 3.63) is 100 Å². The van der Waals surface area contributed by atoms with Gasteiger partial charge in [-0.15, -0.1) is 0 Å². The number of hydrogen-bond acceptors (Lipinski definition) is 7. The molecule has 7 nitrogen and oxygen atoms in total. The number of aryl methyl sites for hydroxylation is 1. The molecule has 0 amide bonds. The Morgan fingerprint density at radius 2 is 1.70 bits per heavy atom. The molecule has 1 aromatic heterocycles. The number of hydrogen-bond donors (Lipinski definition) is 1. The first-order valence-corrected chi connectivity index (χ1v) is 12.6. The maximum absolute atomic E-state index is 12.9. The number of ether oxygens (including phenoxy) is 2. The van der Waals surface area contributed by atoms with Crippen molar-refractivity contribution in [2.24, 2.45) is 0 Å². The van der Waals surface area contributed by atoms with E-state index in [1.54, 1.807) is 24.3 Å². The molecule has 1 aliphatic rings. The van der Waals surface area contributed by atoms with Crippen LogP contribution in [-0.2, 0) is 6.54 Å². The van der Waals surface area contributed by atoms with Crippen LogP contribution in [0, 0.1) is 6.92 Å². The van der Waals surface area contributed by atoms with Gasteiger partial charge in [0.2, 0.25) is 11.2 Å². The number of nitrogens with zero attached hydrogens (tertiary/aromatic N) is 2. The molecule has 0 radical (unpaired) electrons. The summed E-state index contributed by atoms with van der Waals surface area (Å²) in [4.78, 5) is 17.6. The van der Waals surface area contributed by atoms with Gasteiger partial charge >= 0.3 is 0 Å². The van der Waals surface area contributed by atoms with Crippen molar-refractivity contribution in [3.63, 3.8) is 0 Å². The van der Waals surface area contributed by atoms with Crippen LogP contribution in [0.2, 0.25) is 0 Å². The van der Waals surface area contributed by atoms with E-state index in [1.807, 2.05) is 31.2 Å². The molecule has 5 rings (SSSR count). The van der Waals surface area contributed by atoms with E-state index in [0.29, 0.717) is 29.0 Å². The highest BCUT2D eigenvalue weighted by Crippen LogP contribution is 2.24. The fraction of sp³-hybridized carbons (Fsp3) is 0.300. The first kappa shape index (κ1) is 25.0. The summed E-state index contributed by atoms with van der Waals surface area (Å²) in [5, 5.41) is 11.0. The third-order valence-corrected chi connectivity index (χ3v) is 6.56. The number of piperazine rings is 1. The molecule has 4 aromatic rings. The zero-order valence-electron chi connectivity index (χ0n) is 21.0. The number of aliphatic hydroxyl groups is 1. The topological polar surface area (TPSA) is 75.4 Å². The third-order valence-electron chi connectivity index (χ3n) is 6.56. The molecule has 2 heterocycles. The summed E-state index contributed by atoms with van der Waals surface area (Å²) in [6.45, 7) is 7.41. The SMILES string of the molecule is Cc1cccc(Oc2coc3cc(OCC(O)CN4CCN(Cc5ccccc5)CC4)ccc3c2=O)c1. The molecule has 1 atom stereocenters. The van der Waals surface area contributed by atoms with Crippen LogP contribution in [0.1, 0.15) is 11.1 Å². The van der Waals surface area contributed by atoms with Gasteiger partial charge in [0.25, 0.3) is 0 Å². The molecule has 0 saturated carbocycles. The van der Waals surface area contributed by atoms with E-state index < -0.39 is 6.10 Å². The van der Waals surface area contributed by atoms with E-state index in [-0.39, 0.29) is 17.8 Å². The lowest BCUT2D eigenvalue weighted by molar-refractivity contribution is 0.0446. The van der Waals surface area contributed by atoms with Gasteiger partial charge in [0, 0.05) is 45.3 Å². The summed E-state index contributed by atoms with van der Waals surface area (Å²) in [6, 6.07) is 23.0. The molecule has 1 N–H and O–H groups in total. The number of benzene rings is 3. The summed E-state index contributed by atoms with van der Waals surface area (Å²) in [6.07, 6.45) is 0.705. The molecule has 0 spiro atoms. The van der Waals surface area contributed by atoms with Crippen LogP contribution in [-0.4, -0.2) is 60.3 Å². The zero-order valence-corrected chi connectivity index (χ0v) is 21.0. The minimum absolute atomic E-state index is 0.131. The van der Waals surface area contributed by atoms with Gasteiger partial charge in [0.05, 0.1) is 5.39 Å². The van der Waals surface area contributed by atoms with Gasteiger partial charge in [0.15, 0.2) is 0 Å². The van der Waals surface area contributed by atoms with Crippen LogP contribution in [0.5, 0.6) is 17.2 Å². The van der Waals surface area contributed by atoms with Gasteiger partial charge in [-0.25, -0.2) is 0 Å². The quantitative estimate of drug-likeness (QED) is 0.364. The van der Waals surface area contributed by atoms with E-state index in [4.69, 9.17) is 13.9 Å². The first-order chi connectivity index (χ1) is 18.0. The van der Waals surface area contributed by atoms with Gasteiger partial charge < -0.3 is 19.0 Å². The predicted octanol–water partition coefficient (Wildman–Crippen LogP) is 4.45. The molecule has 7 heteroatoms. The van der Waals surface area contributed by atoms with Crippen molar-refractivity contribution in [1.29, 1.82) is 0 Å². The number of fused-ring (bicyclic) bond motifs is 1. The van der Waals surface area contributed by atoms with Crippen LogP contribution in [0.25, 0.3) is 11.0 Å². The average Bonchev–Trinajstić information content (AvgIpc) is 2.91.